The first-order valence-electron chi connectivity index (χ1n) is 3.90. The molecule has 0 spiro atoms. The Balaban J connectivity index is 2.48. The minimum absolute atomic E-state index is 0.0300. The van der Waals surface area contributed by atoms with Crippen molar-refractivity contribution in [2.75, 3.05) is 13.9 Å². The second-order valence-corrected chi connectivity index (χ2v) is 3.40. The third-order valence-corrected chi connectivity index (χ3v) is 1.98. The van der Waals surface area contributed by atoms with Gasteiger partial charge in [0.15, 0.2) is 6.79 Å². The normalized spacial score (nSPS) is 9.86. The highest BCUT2D eigenvalue weighted by atomic mass is 79.9. The predicted molar refractivity (Wildman–Crippen MR) is 54.6 cm³/mol. The summed E-state index contributed by atoms with van der Waals surface area (Å²) in [6.07, 6.45) is 0. The molecule has 4 nitrogen and oxygen atoms in total. The summed E-state index contributed by atoms with van der Waals surface area (Å²) < 4.78 is 5.53. The van der Waals surface area contributed by atoms with Crippen molar-refractivity contribution < 1.29 is 14.4 Å². The number of carbonyl (C=O) groups excluding carboxylic acids is 1. The number of carbonyl (C=O) groups is 1. The third kappa shape index (κ3) is 3.45. The summed E-state index contributed by atoms with van der Waals surface area (Å²) in [5.41, 5.74) is 2.77. The van der Waals surface area contributed by atoms with E-state index in [0.717, 1.165) is 4.47 Å². The van der Waals surface area contributed by atoms with Crippen LogP contribution in [0.25, 0.3) is 0 Å². The molecule has 1 aromatic carbocycles. The molecule has 1 amide bonds. The van der Waals surface area contributed by atoms with E-state index in [1.807, 2.05) is 0 Å². The lowest BCUT2D eigenvalue weighted by molar-refractivity contribution is -0.0704. The summed E-state index contributed by atoms with van der Waals surface area (Å²) >= 11 is 3.28. The van der Waals surface area contributed by atoms with Crippen molar-refractivity contribution in [1.29, 1.82) is 0 Å². The van der Waals surface area contributed by atoms with Gasteiger partial charge in [0.2, 0.25) is 0 Å². The number of nitrogens with one attached hydrogen (secondary N) is 1. The fraction of sp³-hybridized carbons (Fsp3) is 0.222. The van der Waals surface area contributed by atoms with Crippen LogP contribution in [0.2, 0.25) is 0 Å². The number of ether oxygens (including phenoxy) is 1. The lowest BCUT2D eigenvalue weighted by atomic mass is 10.2. The fourth-order valence-corrected chi connectivity index (χ4v) is 1.08. The van der Waals surface area contributed by atoms with Crippen LogP contribution in [-0.4, -0.2) is 19.8 Å². The monoisotopic (exact) mass is 259 g/mol. The van der Waals surface area contributed by atoms with E-state index in [2.05, 4.69) is 26.1 Å². The van der Waals surface area contributed by atoms with Crippen LogP contribution < -0.4 is 5.48 Å². The van der Waals surface area contributed by atoms with Crippen molar-refractivity contribution in [3.05, 3.63) is 34.3 Å². The number of hydroxylamine groups is 1. The van der Waals surface area contributed by atoms with Gasteiger partial charge in [-0.25, -0.2) is 10.3 Å². The molecule has 0 saturated heterocycles. The van der Waals surface area contributed by atoms with Gasteiger partial charge < -0.3 is 4.74 Å². The standard InChI is InChI=1S/C9H10BrNO3/c1-13-6-14-11-9(12)7-2-4-8(10)5-3-7/h2-5H,6H2,1H3,(H,11,12). The number of halogens is 1. The van der Waals surface area contributed by atoms with Crippen LogP contribution in [0.15, 0.2) is 28.7 Å². The molecule has 0 aromatic heterocycles. The molecule has 0 radical (unpaired) electrons. The zero-order valence-corrected chi connectivity index (χ0v) is 9.21. The van der Waals surface area contributed by atoms with Gasteiger partial charge in [-0.2, -0.15) is 0 Å². The number of hydrogen-bond donors (Lipinski definition) is 1. The van der Waals surface area contributed by atoms with E-state index in [-0.39, 0.29) is 12.7 Å². The molecule has 0 atom stereocenters. The molecule has 0 aliphatic carbocycles. The van der Waals surface area contributed by atoms with Gasteiger partial charge >= 0.3 is 0 Å². The summed E-state index contributed by atoms with van der Waals surface area (Å²) in [5.74, 6) is -0.297. The molecule has 0 fully saturated rings. The molecule has 1 N–H and O–H groups in total. The number of rotatable bonds is 4. The van der Waals surface area contributed by atoms with Gasteiger partial charge in [0.05, 0.1) is 0 Å². The topological polar surface area (TPSA) is 47.6 Å². The van der Waals surface area contributed by atoms with Crippen molar-refractivity contribution in [1.82, 2.24) is 5.48 Å². The van der Waals surface area contributed by atoms with Crippen LogP contribution in [0.1, 0.15) is 10.4 Å². The van der Waals surface area contributed by atoms with Gasteiger partial charge in [-0.3, -0.25) is 4.79 Å². The number of hydrogen-bond acceptors (Lipinski definition) is 3. The summed E-state index contributed by atoms with van der Waals surface area (Å²) in [6, 6.07) is 6.95. The zero-order chi connectivity index (χ0) is 10.4. The minimum Gasteiger partial charge on any atom is -0.356 e. The SMILES string of the molecule is COCONC(=O)c1ccc(Br)cc1. The third-order valence-electron chi connectivity index (χ3n) is 1.45. The Labute approximate surface area is 90.3 Å². The van der Waals surface area contributed by atoms with E-state index in [1.165, 1.54) is 7.11 Å². The smallest absolute Gasteiger partial charge is 0.274 e. The van der Waals surface area contributed by atoms with Crippen LogP contribution >= 0.6 is 15.9 Å². The van der Waals surface area contributed by atoms with Crippen LogP contribution in [0.3, 0.4) is 0 Å². The van der Waals surface area contributed by atoms with E-state index in [1.54, 1.807) is 24.3 Å². The highest BCUT2D eigenvalue weighted by Crippen LogP contribution is 2.10. The molecule has 5 heteroatoms. The molecule has 0 heterocycles. The van der Waals surface area contributed by atoms with Gasteiger partial charge in [-0.15, -0.1) is 0 Å². The molecule has 0 saturated carbocycles. The minimum atomic E-state index is -0.297. The summed E-state index contributed by atoms with van der Waals surface area (Å²) in [7, 11) is 1.48. The van der Waals surface area contributed by atoms with Crippen LogP contribution in [0, 0.1) is 0 Å². The van der Waals surface area contributed by atoms with E-state index >= 15 is 0 Å². The maximum absolute atomic E-state index is 11.3. The van der Waals surface area contributed by atoms with Gasteiger partial charge in [0.1, 0.15) is 0 Å². The van der Waals surface area contributed by atoms with Gasteiger partial charge in [-0.1, -0.05) is 15.9 Å². The van der Waals surface area contributed by atoms with Crippen molar-refractivity contribution in [2.24, 2.45) is 0 Å². The summed E-state index contributed by atoms with van der Waals surface area (Å²) in [5, 5.41) is 0. The molecule has 0 bridgehead atoms. The first-order valence-corrected chi connectivity index (χ1v) is 4.70. The quantitative estimate of drug-likeness (QED) is 0.509. The van der Waals surface area contributed by atoms with Gasteiger partial charge in [0.25, 0.3) is 5.91 Å². The van der Waals surface area contributed by atoms with Crippen molar-refractivity contribution in [3.8, 4) is 0 Å². The first-order chi connectivity index (χ1) is 6.74. The molecular formula is C9H10BrNO3. The highest BCUT2D eigenvalue weighted by Gasteiger charge is 2.03. The van der Waals surface area contributed by atoms with Crippen LogP contribution in [0.4, 0.5) is 0 Å². The van der Waals surface area contributed by atoms with E-state index in [9.17, 15) is 4.79 Å². The Morgan fingerprint density at radius 2 is 2.07 bits per heavy atom. The van der Waals surface area contributed by atoms with Crippen LogP contribution in [0.5, 0.6) is 0 Å². The fourth-order valence-electron chi connectivity index (χ4n) is 0.814. The Hall–Kier alpha value is -0.910. The number of methoxy groups -OCH3 is 1. The predicted octanol–water partition coefficient (Wildman–Crippen LogP) is 1.71. The van der Waals surface area contributed by atoms with E-state index < -0.39 is 0 Å². The second-order valence-electron chi connectivity index (χ2n) is 2.49. The summed E-state index contributed by atoms with van der Waals surface area (Å²) in [4.78, 5) is 16.0. The maximum atomic E-state index is 11.3. The van der Waals surface area contributed by atoms with Crippen molar-refractivity contribution >= 4 is 21.8 Å². The molecule has 1 aromatic rings. The van der Waals surface area contributed by atoms with E-state index in [4.69, 9.17) is 4.84 Å². The van der Waals surface area contributed by atoms with E-state index in [0.29, 0.717) is 5.56 Å². The number of benzene rings is 1. The largest absolute Gasteiger partial charge is 0.356 e. The van der Waals surface area contributed by atoms with Crippen LogP contribution in [-0.2, 0) is 9.57 Å². The Morgan fingerprint density at radius 1 is 1.43 bits per heavy atom. The molecule has 14 heavy (non-hydrogen) atoms. The number of amides is 1. The lowest BCUT2D eigenvalue weighted by Crippen LogP contribution is -2.24. The Bertz CT molecular complexity index is 299. The molecule has 76 valence electrons. The maximum Gasteiger partial charge on any atom is 0.274 e. The second kappa shape index (κ2) is 5.74. The molecular weight excluding hydrogens is 250 g/mol. The van der Waals surface area contributed by atoms with Crippen molar-refractivity contribution in [3.63, 3.8) is 0 Å². The average Bonchev–Trinajstić information content (AvgIpc) is 2.19. The highest BCUT2D eigenvalue weighted by molar-refractivity contribution is 9.10. The Kier molecular flexibility index (Phi) is 4.58. The first kappa shape index (κ1) is 11.2. The molecule has 0 aliphatic heterocycles. The van der Waals surface area contributed by atoms with Crippen molar-refractivity contribution in [2.45, 2.75) is 0 Å². The van der Waals surface area contributed by atoms with Gasteiger partial charge in [0, 0.05) is 17.1 Å². The lowest BCUT2D eigenvalue weighted by Gasteiger charge is -2.04. The molecule has 0 aliphatic rings. The zero-order valence-electron chi connectivity index (χ0n) is 7.62. The molecule has 1 rings (SSSR count). The Morgan fingerprint density at radius 3 is 2.64 bits per heavy atom. The van der Waals surface area contributed by atoms with Gasteiger partial charge in [-0.05, 0) is 24.3 Å². The average molecular weight is 260 g/mol. The summed E-state index contributed by atoms with van der Waals surface area (Å²) in [6.45, 7) is 0.0300. The molecule has 0 unspecified atom stereocenters.